The fraction of sp³-hybridized carbons (Fsp3) is 0.231. The maximum Gasteiger partial charge on any atom is 0.411 e. The van der Waals surface area contributed by atoms with Crippen LogP contribution in [0.25, 0.3) is 10.1 Å². The van der Waals surface area contributed by atoms with E-state index in [1.165, 1.54) is 18.4 Å². The molecule has 1 aromatic heterocycles. The molecule has 1 amide bonds. The molecular weight excluding hydrogens is 282 g/mol. The number of carbonyl (C=O) groups excluding carboxylic acids is 2. The van der Waals surface area contributed by atoms with E-state index in [-0.39, 0.29) is 13.2 Å². The third-order valence-corrected chi connectivity index (χ3v) is 3.67. The Labute approximate surface area is 118 Å². The second-order valence-electron chi connectivity index (χ2n) is 3.78. The summed E-state index contributed by atoms with van der Waals surface area (Å²) >= 11 is 1.23. The van der Waals surface area contributed by atoms with Gasteiger partial charge in [0.15, 0.2) is 0 Å². The van der Waals surface area contributed by atoms with Crippen LogP contribution < -0.4 is 5.32 Å². The molecule has 0 aliphatic carbocycles. The lowest BCUT2D eigenvalue weighted by Crippen LogP contribution is -2.17. The van der Waals surface area contributed by atoms with Gasteiger partial charge in [-0.15, -0.1) is 11.3 Å². The molecule has 0 saturated carbocycles. The molecule has 1 heterocycles. The standard InChI is InChI=1S/C13H13NO5S/c1-18-12(16)11-10(14-13(17)19-7-6-15)8-4-2-3-5-9(8)20-11/h2-5,15H,6-7H2,1H3,(H,14,17). The van der Waals surface area contributed by atoms with Crippen LogP contribution in [-0.4, -0.2) is 37.5 Å². The van der Waals surface area contributed by atoms with Crippen molar-refractivity contribution >= 4 is 39.2 Å². The zero-order valence-electron chi connectivity index (χ0n) is 10.7. The maximum absolute atomic E-state index is 11.8. The molecule has 2 N–H and O–H groups in total. The molecule has 0 atom stereocenters. The third kappa shape index (κ3) is 2.89. The lowest BCUT2D eigenvalue weighted by atomic mass is 10.2. The highest BCUT2D eigenvalue weighted by Gasteiger charge is 2.20. The van der Waals surface area contributed by atoms with Crippen molar-refractivity contribution in [3.8, 4) is 0 Å². The molecule has 0 aliphatic heterocycles. The molecular formula is C13H13NO5S. The number of esters is 1. The monoisotopic (exact) mass is 295 g/mol. The fourth-order valence-electron chi connectivity index (χ4n) is 1.68. The van der Waals surface area contributed by atoms with E-state index in [0.29, 0.717) is 10.6 Å². The van der Waals surface area contributed by atoms with Crippen molar-refractivity contribution < 1.29 is 24.2 Å². The van der Waals surface area contributed by atoms with Gasteiger partial charge >= 0.3 is 12.1 Å². The molecule has 0 unspecified atom stereocenters. The molecule has 0 aliphatic rings. The number of fused-ring (bicyclic) bond motifs is 1. The molecule has 2 aromatic rings. The molecule has 6 nitrogen and oxygen atoms in total. The Morgan fingerprint density at radius 3 is 2.80 bits per heavy atom. The first-order chi connectivity index (χ1) is 9.67. The van der Waals surface area contributed by atoms with E-state index in [4.69, 9.17) is 14.6 Å². The summed E-state index contributed by atoms with van der Waals surface area (Å²) in [5.41, 5.74) is 0.361. The van der Waals surface area contributed by atoms with E-state index >= 15 is 0 Å². The number of hydrogen-bond donors (Lipinski definition) is 2. The van der Waals surface area contributed by atoms with Gasteiger partial charge in [0.1, 0.15) is 11.5 Å². The lowest BCUT2D eigenvalue weighted by molar-refractivity contribution is 0.0607. The first-order valence-electron chi connectivity index (χ1n) is 5.82. The van der Waals surface area contributed by atoms with Gasteiger partial charge in [-0.2, -0.15) is 0 Å². The molecule has 0 spiro atoms. The lowest BCUT2D eigenvalue weighted by Gasteiger charge is -2.06. The van der Waals surface area contributed by atoms with E-state index < -0.39 is 12.1 Å². The number of nitrogens with one attached hydrogen (secondary N) is 1. The predicted molar refractivity (Wildman–Crippen MR) is 75.2 cm³/mol. The first-order valence-corrected chi connectivity index (χ1v) is 6.63. The summed E-state index contributed by atoms with van der Waals surface area (Å²) in [6.07, 6.45) is -0.729. The number of amides is 1. The smallest absolute Gasteiger partial charge is 0.411 e. The Hall–Kier alpha value is -2.12. The molecule has 0 fully saturated rings. The van der Waals surface area contributed by atoms with Crippen molar-refractivity contribution in [2.75, 3.05) is 25.6 Å². The van der Waals surface area contributed by atoms with Gasteiger partial charge in [0.25, 0.3) is 0 Å². The van der Waals surface area contributed by atoms with Crippen LogP contribution in [0.5, 0.6) is 0 Å². The van der Waals surface area contributed by atoms with Crippen molar-refractivity contribution in [2.24, 2.45) is 0 Å². The topological polar surface area (TPSA) is 84.9 Å². The Kier molecular flexibility index (Phi) is 4.54. The number of anilines is 1. The number of benzene rings is 1. The summed E-state index contributed by atoms with van der Waals surface area (Å²) in [4.78, 5) is 23.6. The van der Waals surface area contributed by atoms with E-state index in [2.05, 4.69) is 5.32 Å². The van der Waals surface area contributed by atoms with Gasteiger partial charge in [0, 0.05) is 10.1 Å². The zero-order valence-corrected chi connectivity index (χ0v) is 11.5. The van der Waals surface area contributed by atoms with Gasteiger partial charge in [-0.25, -0.2) is 9.59 Å². The molecule has 106 valence electrons. The number of ether oxygens (including phenoxy) is 2. The molecule has 0 radical (unpaired) electrons. The number of rotatable bonds is 4. The van der Waals surface area contributed by atoms with E-state index in [0.717, 1.165) is 10.1 Å². The zero-order chi connectivity index (χ0) is 14.5. The Balaban J connectivity index is 2.38. The predicted octanol–water partition coefficient (Wildman–Crippen LogP) is 2.23. The number of carbonyl (C=O) groups is 2. The first kappa shape index (κ1) is 14.3. The van der Waals surface area contributed by atoms with Crippen LogP contribution in [0.1, 0.15) is 9.67 Å². The second kappa shape index (κ2) is 6.36. The van der Waals surface area contributed by atoms with Gasteiger partial charge in [-0.1, -0.05) is 18.2 Å². The number of thiophene rings is 1. The quantitative estimate of drug-likeness (QED) is 0.845. The van der Waals surface area contributed by atoms with Gasteiger partial charge in [0.05, 0.1) is 19.4 Å². The van der Waals surface area contributed by atoms with E-state index in [1.54, 1.807) is 12.1 Å². The van der Waals surface area contributed by atoms with Crippen LogP contribution >= 0.6 is 11.3 Å². The van der Waals surface area contributed by atoms with Crippen molar-refractivity contribution in [1.29, 1.82) is 0 Å². The number of hydrogen-bond acceptors (Lipinski definition) is 6. The second-order valence-corrected chi connectivity index (χ2v) is 4.83. The average Bonchev–Trinajstić information content (AvgIpc) is 2.83. The maximum atomic E-state index is 11.8. The van der Waals surface area contributed by atoms with Gasteiger partial charge in [-0.05, 0) is 6.07 Å². The highest BCUT2D eigenvalue weighted by Crippen LogP contribution is 2.36. The third-order valence-electron chi connectivity index (χ3n) is 2.52. The molecule has 0 saturated heterocycles. The van der Waals surface area contributed by atoms with Crippen molar-refractivity contribution in [2.45, 2.75) is 0 Å². The van der Waals surface area contributed by atoms with E-state index in [9.17, 15) is 9.59 Å². The van der Waals surface area contributed by atoms with Crippen LogP contribution in [-0.2, 0) is 9.47 Å². The number of aliphatic hydroxyl groups is 1. The molecule has 20 heavy (non-hydrogen) atoms. The van der Waals surface area contributed by atoms with Crippen LogP contribution in [0.15, 0.2) is 24.3 Å². The molecule has 1 aromatic carbocycles. The highest BCUT2D eigenvalue weighted by molar-refractivity contribution is 7.21. The largest absolute Gasteiger partial charge is 0.465 e. The van der Waals surface area contributed by atoms with Crippen molar-refractivity contribution in [1.82, 2.24) is 0 Å². The highest BCUT2D eigenvalue weighted by atomic mass is 32.1. The van der Waals surface area contributed by atoms with Gasteiger partial charge in [-0.3, -0.25) is 5.32 Å². The van der Waals surface area contributed by atoms with Crippen LogP contribution in [0.2, 0.25) is 0 Å². The fourth-order valence-corrected chi connectivity index (χ4v) is 2.76. The minimum Gasteiger partial charge on any atom is -0.465 e. The van der Waals surface area contributed by atoms with Crippen molar-refractivity contribution in [3.63, 3.8) is 0 Å². The summed E-state index contributed by atoms with van der Waals surface area (Å²) in [5.74, 6) is -0.524. The molecule has 7 heteroatoms. The Morgan fingerprint density at radius 2 is 2.10 bits per heavy atom. The normalized spacial score (nSPS) is 10.3. The molecule has 2 rings (SSSR count). The Bertz CT molecular complexity index is 637. The van der Waals surface area contributed by atoms with E-state index in [1.807, 2.05) is 12.1 Å². The minimum atomic E-state index is -0.729. The average molecular weight is 295 g/mol. The summed E-state index contributed by atoms with van der Waals surface area (Å²) in [6.45, 7) is -0.372. The molecule has 0 bridgehead atoms. The van der Waals surface area contributed by atoms with Crippen molar-refractivity contribution in [3.05, 3.63) is 29.1 Å². The number of methoxy groups -OCH3 is 1. The minimum absolute atomic E-state index is 0.110. The number of aliphatic hydroxyl groups excluding tert-OH is 1. The summed E-state index contributed by atoms with van der Waals surface area (Å²) in [7, 11) is 1.28. The van der Waals surface area contributed by atoms with Gasteiger partial charge in [0.2, 0.25) is 0 Å². The summed E-state index contributed by atoms with van der Waals surface area (Å²) in [5, 5.41) is 11.9. The van der Waals surface area contributed by atoms with Crippen LogP contribution in [0.3, 0.4) is 0 Å². The Morgan fingerprint density at radius 1 is 1.35 bits per heavy atom. The summed E-state index contributed by atoms with van der Waals surface area (Å²) in [6, 6.07) is 7.28. The van der Waals surface area contributed by atoms with Crippen LogP contribution in [0.4, 0.5) is 10.5 Å². The van der Waals surface area contributed by atoms with Gasteiger partial charge < -0.3 is 14.6 Å². The summed E-state index contributed by atoms with van der Waals surface area (Å²) < 4.78 is 10.3. The van der Waals surface area contributed by atoms with Crippen LogP contribution in [0, 0.1) is 0 Å². The SMILES string of the molecule is COC(=O)c1sc2ccccc2c1NC(=O)OCCO.